The largest absolute Gasteiger partial charge is 0.389 e. The second-order valence-corrected chi connectivity index (χ2v) is 7.94. The lowest BCUT2D eigenvalue weighted by molar-refractivity contribution is -0.173. The van der Waals surface area contributed by atoms with E-state index in [4.69, 9.17) is 0 Å². The lowest BCUT2D eigenvalue weighted by Gasteiger charge is -2.48. The summed E-state index contributed by atoms with van der Waals surface area (Å²) in [5.74, 6) is 3.61. The van der Waals surface area contributed by atoms with Crippen molar-refractivity contribution in [3.63, 3.8) is 0 Å². The SMILES string of the molecule is O=C1C2[C@@H]3[C@H]2[C@@H]2C1[C@H]3[C@@]1(O)C3CC4C([C@H]41)[C@@]32O. The summed E-state index contributed by atoms with van der Waals surface area (Å²) in [5, 5.41) is 22.4. The zero-order valence-electron chi connectivity index (χ0n) is 9.28. The fourth-order valence-electron chi connectivity index (χ4n) is 8.46. The highest BCUT2D eigenvalue weighted by Gasteiger charge is 2.99. The third kappa shape index (κ3) is 0.412. The molecule has 9 aliphatic rings. The predicted octanol–water partition coefficient (Wildman–Crippen LogP) is -0.335. The third-order valence-corrected chi connectivity index (χ3v) is 8.32. The third-order valence-electron chi connectivity index (χ3n) is 8.32. The lowest BCUT2D eigenvalue weighted by atomic mass is 9.61. The van der Waals surface area contributed by atoms with Gasteiger partial charge in [0.05, 0.1) is 11.2 Å². The van der Waals surface area contributed by atoms with E-state index in [0.717, 1.165) is 6.42 Å². The van der Waals surface area contributed by atoms with Gasteiger partial charge < -0.3 is 10.2 Å². The first-order chi connectivity index (χ1) is 8.13. The van der Waals surface area contributed by atoms with E-state index < -0.39 is 11.2 Å². The molecule has 3 heteroatoms. The molecule has 0 aromatic carbocycles. The molecular formula is C14H14O3. The maximum atomic E-state index is 12.2. The molecule has 3 nitrogen and oxygen atoms in total. The summed E-state index contributed by atoms with van der Waals surface area (Å²) in [6.07, 6.45) is 1.04. The minimum absolute atomic E-state index is 0.0489. The molecule has 0 amide bonds. The first-order valence-electron chi connectivity index (χ1n) is 7.11. The van der Waals surface area contributed by atoms with Crippen molar-refractivity contribution in [2.75, 3.05) is 0 Å². The zero-order valence-corrected chi connectivity index (χ0v) is 9.28. The molecule has 0 saturated heterocycles. The van der Waals surface area contributed by atoms with Crippen molar-refractivity contribution < 1.29 is 15.0 Å². The monoisotopic (exact) mass is 230 g/mol. The van der Waals surface area contributed by atoms with Gasteiger partial charge in [0.1, 0.15) is 5.78 Å². The van der Waals surface area contributed by atoms with Gasteiger partial charge in [0.15, 0.2) is 0 Å². The van der Waals surface area contributed by atoms with Crippen molar-refractivity contribution in [2.45, 2.75) is 17.6 Å². The Bertz CT molecular complexity index is 520. The summed E-state index contributed by atoms with van der Waals surface area (Å²) < 4.78 is 0. The van der Waals surface area contributed by atoms with Crippen LogP contribution in [0.15, 0.2) is 0 Å². The Morgan fingerprint density at radius 3 is 2.00 bits per heavy atom. The van der Waals surface area contributed by atoms with Gasteiger partial charge in [0.2, 0.25) is 0 Å². The van der Waals surface area contributed by atoms with Crippen molar-refractivity contribution in [3.05, 3.63) is 0 Å². The maximum Gasteiger partial charge on any atom is 0.140 e. The van der Waals surface area contributed by atoms with Crippen LogP contribution in [0.4, 0.5) is 0 Å². The smallest absolute Gasteiger partial charge is 0.140 e. The summed E-state index contributed by atoms with van der Waals surface area (Å²) in [4.78, 5) is 12.2. The summed E-state index contributed by atoms with van der Waals surface area (Å²) in [7, 11) is 0. The maximum absolute atomic E-state index is 12.2. The van der Waals surface area contributed by atoms with Crippen LogP contribution in [-0.4, -0.2) is 27.2 Å². The van der Waals surface area contributed by atoms with E-state index in [-0.39, 0.29) is 29.6 Å². The highest BCUT2D eigenvalue weighted by Crippen LogP contribution is 2.93. The summed E-state index contributed by atoms with van der Waals surface area (Å²) in [6.45, 7) is 0. The second-order valence-electron chi connectivity index (χ2n) is 7.94. The first-order valence-corrected chi connectivity index (χ1v) is 7.11. The summed E-state index contributed by atoms with van der Waals surface area (Å²) in [5.41, 5.74) is -1.27. The molecule has 2 N–H and O–H groups in total. The number of carbonyl (C=O) groups is 1. The van der Waals surface area contributed by atoms with Crippen molar-refractivity contribution in [3.8, 4) is 0 Å². The van der Waals surface area contributed by atoms with E-state index in [9.17, 15) is 15.0 Å². The Morgan fingerprint density at radius 2 is 1.53 bits per heavy atom. The Kier molecular flexibility index (Phi) is 0.742. The van der Waals surface area contributed by atoms with E-state index in [0.29, 0.717) is 35.4 Å². The van der Waals surface area contributed by atoms with E-state index in [1.807, 2.05) is 0 Å². The number of hydrogen-bond acceptors (Lipinski definition) is 3. The fraction of sp³-hybridized carbons (Fsp3) is 0.929. The van der Waals surface area contributed by atoms with Crippen LogP contribution in [0.3, 0.4) is 0 Å². The topological polar surface area (TPSA) is 57.5 Å². The van der Waals surface area contributed by atoms with Gasteiger partial charge in [-0.1, -0.05) is 0 Å². The highest BCUT2D eigenvalue weighted by atomic mass is 16.3. The number of ketones is 1. The zero-order chi connectivity index (χ0) is 11.1. The molecule has 9 rings (SSSR count). The number of carbonyl (C=O) groups excluding carboxylic acids is 1. The van der Waals surface area contributed by atoms with E-state index >= 15 is 0 Å². The number of hydrogen-bond donors (Lipinski definition) is 2. The molecule has 9 saturated carbocycles. The molecule has 9 fully saturated rings. The van der Waals surface area contributed by atoms with Crippen LogP contribution in [-0.2, 0) is 4.79 Å². The van der Waals surface area contributed by atoms with E-state index in [2.05, 4.69) is 0 Å². The van der Waals surface area contributed by atoms with Crippen LogP contribution in [0.5, 0.6) is 0 Å². The van der Waals surface area contributed by atoms with Gasteiger partial charge in [-0.05, 0) is 36.0 Å². The molecule has 9 aliphatic carbocycles. The first kappa shape index (κ1) is 7.90. The molecule has 12 bridgehead atoms. The van der Waals surface area contributed by atoms with Gasteiger partial charge in [0.25, 0.3) is 0 Å². The van der Waals surface area contributed by atoms with Gasteiger partial charge in [-0.2, -0.15) is 0 Å². The Labute approximate surface area is 98.2 Å². The average molecular weight is 230 g/mol. The predicted molar refractivity (Wildman–Crippen MR) is 54.4 cm³/mol. The minimum Gasteiger partial charge on any atom is -0.389 e. The van der Waals surface area contributed by atoms with E-state index in [1.165, 1.54) is 0 Å². The summed E-state index contributed by atoms with van der Waals surface area (Å²) in [6, 6.07) is 0. The van der Waals surface area contributed by atoms with Gasteiger partial charge in [-0.3, -0.25) is 4.79 Å². The van der Waals surface area contributed by atoms with Crippen molar-refractivity contribution in [1.82, 2.24) is 0 Å². The van der Waals surface area contributed by atoms with Crippen molar-refractivity contribution in [2.24, 2.45) is 59.2 Å². The van der Waals surface area contributed by atoms with Crippen LogP contribution >= 0.6 is 0 Å². The molecule has 12 atom stereocenters. The van der Waals surface area contributed by atoms with Crippen LogP contribution in [0.1, 0.15) is 6.42 Å². The van der Waals surface area contributed by atoms with Crippen LogP contribution < -0.4 is 0 Å². The molecule has 0 radical (unpaired) electrons. The van der Waals surface area contributed by atoms with Crippen LogP contribution in [0.2, 0.25) is 0 Å². The Hall–Kier alpha value is -0.410. The molecule has 0 aromatic rings. The fourth-order valence-corrected chi connectivity index (χ4v) is 8.46. The molecule has 0 heterocycles. The quantitative estimate of drug-likeness (QED) is 0.599. The van der Waals surface area contributed by atoms with Crippen molar-refractivity contribution >= 4 is 5.78 Å². The van der Waals surface area contributed by atoms with Gasteiger partial charge in [-0.15, -0.1) is 0 Å². The van der Waals surface area contributed by atoms with Crippen LogP contribution in [0.25, 0.3) is 0 Å². The molecule has 17 heavy (non-hydrogen) atoms. The normalized spacial score (nSPS) is 90.1. The number of aliphatic hydroxyl groups is 2. The number of rotatable bonds is 0. The Balaban J connectivity index is 1.63. The molecule has 0 aromatic heterocycles. The van der Waals surface area contributed by atoms with Gasteiger partial charge in [-0.25, -0.2) is 0 Å². The van der Waals surface area contributed by atoms with Crippen LogP contribution in [0, 0.1) is 59.2 Å². The van der Waals surface area contributed by atoms with Gasteiger partial charge >= 0.3 is 0 Å². The van der Waals surface area contributed by atoms with Gasteiger partial charge in [0, 0.05) is 29.6 Å². The highest BCUT2D eigenvalue weighted by molar-refractivity contribution is 5.95. The Morgan fingerprint density at radius 1 is 0.941 bits per heavy atom. The second kappa shape index (κ2) is 1.60. The molecule has 5 unspecified atom stereocenters. The van der Waals surface area contributed by atoms with Crippen molar-refractivity contribution in [1.29, 1.82) is 0 Å². The minimum atomic E-state index is -0.633. The average Bonchev–Trinajstić information content (AvgIpc) is 2.92. The molecule has 88 valence electrons. The molecule has 0 aliphatic heterocycles. The molecular weight excluding hydrogens is 216 g/mol. The number of Topliss-reactive ketones (excluding diaryl/α,β-unsaturated/α-hetero) is 1. The van der Waals surface area contributed by atoms with E-state index in [1.54, 1.807) is 0 Å². The molecule has 0 spiro atoms. The summed E-state index contributed by atoms with van der Waals surface area (Å²) >= 11 is 0. The standard InChI is InChI=1S/C14H14O3/c15-12-6-4-5(6)11-7(12)10(4)13(16)3-1-2-8(13)9(2)14(3,11)17/h2-11,16-17H,1H2/t2?,3?,4-,5+,6?,7?,8-,9?,10-,11+,13+,14-/m0/s1. The lowest BCUT2D eigenvalue weighted by Crippen LogP contribution is -2.58.